The van der Waals surface area contributed by atoms with Crippen molar-refractivity contribution < 1.29 is 23.9 Å². The topological polar surface area (TPSA) is 104 Å². The summed E-state index contributed by atoms with van der Waals surface area (Å²) >= 11 is 1.38. The number of amides is 1. The summed E-state index contributed by atoms with van der Waals surface area (Å²) in [5.41, 5.74) is 1.63. The Hall–Kier alpha value is -3.50. The summed E-state index contributed by atoms with van der Waals surface area (Å²) in [5.74, 6) is 0.970. The van der Waals surface area contributed by atoms with Gasteiger partial charge in [0.25, 0.3) is 11.6 Å². The molecule has 9 nitrogen and oxygen atoms in total. The van der Waals surface area contributed by atoms with Gasteiger partial charge in [0.2, 0.25) is 0 Å². The van der Waals surface area contributed by atoms with Crippen molar-refractivity contribution in [1.29, 1.82) is 0 Å². The normalized spacial score (nSPS) is 14.0. The molecule has 1 aromatic heterocycles. The van der Waals surface area contributed by atoms with Crippen LogP contribution in [-0.4, -0.2) is 60.2 Å². The second-order valence-corrected chi connectivity index (χ2v) is 8.28. The van der Waals surface area contributed by atoms with Gasteiger partial charge in [-0.05, 0) is 36.8 Å². The predicted molar refractivity (Wildman–Crippen MR) is 126 cm³/mol. The quantitative estimate of drug-likeness (QED) is 0.363. The number of benzene rings is 2. The van der Waals surface area contributed by atoms with Gasteiger partial charge >= 0.3 is 0 Å². The molecular weight excluding hydrogens is 446 g/mol. The molecule has 1 fully saturated rings. The molecule has 1 saturated heterocycles. The van der Waals surface area contributed by atoms with Crippen LogP contribution < -0.4 is 9.47 Å². The molecule has 0 radical (unpaired) electrons. The first kappa shape index (κ1) is 22.7. The number of non-ortho nitro benzene ring substituents is 1. The van der Waals surface area contributed by atoms with Crippen molar-refractivity contribution >= 4 is 45.3 Å². The molecule has 1 aliphatic rings. The van der Waals surface area contributed by atoms with Crippen molar-refractivity contribution in [2.75, 3.05) is 39.5 Å². The summed E-state index contributed by atoms with van der Waals surface area (Å²) in [7, 11) is 0. The first-order valence-corrected chi connectivity index (χ1v) is 11.3. The number of carbonyl (C=O) groups is 1. The highest BCUT2D eigenvalue weighted by molar-refractivity contribution is 7.19. The number of morpholine rings is 1. The van der Waals surface area contributed by atoms with E-state index in [0.717, 1.165) is 15.3 Å². The third-order valence-corrected chi connectivity index (χ3v) is 5.98. The minimum Gasteiger partial charge on any atom is -0.490 e. The third kappa shape index (κ3) is 5.65. The summed E-state index contributed by atoms with van der Waals surface area (Å²) in [4.78, 5) is 29.1. The zero-order valence-electron chi connectivity index (χ0n) is 18.1. The molecule has 2 heterocycles. The molecule has 0 bridgehead atoms. The lowest BCUT2D eigenvalue weighted by atomic mass is 10.2. The molecule has 4 rings (SSSR count). The van der Waals surface area contributed by atoms with Crippen LogP contribution in [0.3, 0.4) is 0 Å². The Labute approximate surface area is 194 Å². The molecular formula is C23H23N3O6S. The van der Waals surface area contributed by atoms with Gasteiger partial charge in [-0.3, -0.25) is 14.9 Å². The fourth-order valence-electron chi connectivity index (χ4n) is 3.34. The van der Waals surface area contributed by atoms with Gasteiger partial charge in [0, 0.05) is 25.2 Å². The van der Waals surface area contributed by atoms with Crippen molar-refractivity contribution in [3.8, 4) is 11.5 Å². The number of rotatable bonds is 8. The standard InChI is InChI=1S/C23H23N3O6S/c1-2-31-20-13-16(3-7-19(20)32-15-23(27)25-9-11-30-12-10-25)4-8-22-24-18-6-5-17(26(28)29)14-21(18)33-22/h3-8,13-14H,2,9-12,15H2,1H3/b8-4+. The number of nitro groups is 1. The van der Waals surface area contributed by atoms with Crippen molar-refractivity contribution in [3.05, 3.63) is 57.1 Å². The van der Waals surface area contributed by atoms with E-state index in [1.165, 1.54) is 23.5 Å². The number of nitro benzene ring substituents is 1. The Balaban J connectivity index is 1.46. The Kier molecular flexibility index (Phi) is 7.16. The van der Waals surface area contributed by atoms with Crippen LogP contribution in [0.25, 0.3) is 22.4 Å². The summed E-state index contributed by atoms with van der Waals surface area (Å²) in [6, 6.07) is 10.1. The highest BCUT2D eigenvalue weighted by Gasteiger charge is 2.18. The number of aromatic nitrogens is 1. The van der Waals surface area contributed by atoms with Crippen LogP contribution in [0.2, 0.25) is 0 Å². The fraction of sp³-hybridized carbons (Fsp3) is 0.304. The second-order valence-electron chi connectivity index (χ2n) is 7.22. The SMILES string of the molecule is CCOc1cc(/C=C/c2nc3ccc([N+](=O)[O-])cc3s2)ccc1OCC(=O)N1CCOCC1. The van der Waals surface area contributed by atoms with Gasteiger partial charge in [-0.15, -0.1) is 11.3 Å². The van der Waals surface area contributed by atoms with Gasteiger partial charge in [0.1, 0.15) is 5.01 Å². The average Bonchev–Trinajstić information content (AvgIpc) is 3.25. The molecule has 0 spiro atoms. The fourth-order valence-corrected chi connectivity index (χ4v) is 4.25. The first-order valence-electron chi connectivity index (χ1n) is 10.5. The minimum atomic E-state index is -0.415. The van der Waals surface area contributed by atoms with E-state index in [2.05, 4.69) is 4.98 Å². The predicted octanol–water partition coefficient (Wildman–Crippen LogP) is 4.01. The maximum absolute atomic E-state index is 12.3. The first-order chi connectivity index (χ1) is 16.0. The van der Waals surface area contributed by atoms with Crippen LogP contribution in [0.1, 0.15) is 17.5 Å². The Morgan fingerprint density at radius 1 is 1.18 bits per heavy atom. The third-order valence-electron chi connectivity index (χ3n) is 5.00. The van der Waals surface area contributed by atoms with Gasteiger partial charge in [-0.1, -0.05) is 12.1 Å². The van der Waals surface area contributed by atoms with Crippen molar-refractivity contribution in [2.45, 2.75) is 6.92 Å². The summed E-state index contributed by atoms with van der Waals surface area (Å²) < 4.78 is 17.5. The highest BCUT2D eigenvalue weighted by Crippen LogP contribution is 2.31. The van der Waals surface area contributed by atoms with Gasteiger partial charge in [0.05, 0.1) is 35.0 Å². The molecule has 2 aromatic carbocycles. The Bertz CT molecular complexity index is 1190. The van der Waals surface area contributed by atoms with E-state index in [4.69, 9.17) is 14.2 Å². The van der Waals surface area contributed by atoms with Crippen LogP contribution in [0.4, 0.5) is 5.69 Å². The van der Waals surface area contributed by atoms with E-state index < -0.39 is 4.92 Å². The zero-order valence-corrected chi connectivity index (χ0v) is 18.9. The molecule has 172 valence electrons. The lowest BCUT2D eigenvalue weighted by Crippen LogP contribution is -2.43. The van der Waals surface area contributed by atoms with Crippen molar-refractivity contribution in [2.24, 2.45) is 0 Å². The van der Waals surface area contributed by atoms with Crippen LogP contribution >= 0.6 is 11.3 Å². The number of ether oxygens (including phenoxy) is 3. The second kappa shape index (κ2) is 10.4. The molecule has 1 aliphatic heterocycles. The number of hydrogen-bond donors (Lipinski definition) is 0. The smallest absolute Gasteiger partial charge is 0.270 e. The maximum Gasteiger partial charge on any atom is 0.270 e. The Morgan fingerprint density at radius 3 is 2.76 bits per heavy atom. The van der Waals surface area contributed by atoms with Crippen LogP contribution in [0, 0.1) is 10.1 Å². The number of nitrogens with zero attached hydrogens (tertiary/aromatic N) is 3. The van der Waals surface area contributed by atoms with Crippen molar-refractivity contribution in [1.82, 2.24) is 9.88 Å². The molecule has 3 aromatic rings. The molecule has 0 aliphatic carbocycles. The number of thiazole rings is 1. The maximum atomic E-state index is 12.3. The molecule has 0 N–H and O–H groups in total. The summed E-state index contributed by atoms with van der Waals surface area (Å²) in [6.45, 7) is 4.51. The van der Waals surface area contributed by atoms with Crippen LogP contribution in [0.15, 0.2) is 36.4 Å². The number of hydrogen-bond acceptors (Lipinski definition) is 8. The monoisotopic (exact) mass is 469 g/mol. The van der Waals surface area contributed by atoms with Gasteiger partial charge < -0.3 is 19.1 Å². The molecule has 10 heteroatoms. The van der Waals surface area contributed by atoms with E-state index in [1.807, 2.05) is 31.2 Å². The highest BCUT2D eigenvalue weighted by atomic mass is 32.1. The number of carbonyl (C=O) groups excluding carboxylic acids is 1. The molecule has 0 saturated carbocycles. The van der Waals surface area contributed by atoms with Crippen molar-refractivity contribution in [3.63, 3.8) is 0 Å². The van der Waals surface area contributed by atoms with Crippen LogP contribution in [0.5, 0.6) is 11.5 Å². The molecule has 0 atom stereocenters. The Morgan fingerprint density at radius 2 is 2.00 bits per heavy atom. The van der Waals surface area contributed by atoms with Gasteiger partial charge in [-0.2, -0.15) is 0 Å². The summed E-state index contributed by atoms with van der Waals surface area (Å²) in [5, 5.41) is 11.7. The van der Waals surface area contributed by atoms with E-state index in [-0.39, 0.29) is 18.2 Å². The largest absolute Gasteiger partial charge is 0.490 e. The molecule has 1 amide bonds. The van der Waals surface area contributed by atoms with E-state index >= 15 is 0 Å². The van der Waals surface area contributed by atoms with Gasteiger partial charge in [-0.25, -0.2) is 4.98 Å². The molecule has 0 unspecified atom stereocenters. The zero-order chi connectivity index (χ0) is 23.2. The summed E-state index contributed by atoms with van der Waals surface area (Å²) in [6.07, 6.45) is 3.74. The van der Waals surface area contributed by atoms with E-state index in [0.29, 0.717) is 49.9 Å². The molecule has 33 heavy (non-hydrogen) atoms. The average molecular weight is 470 g/mol. The number of fused-ring (bicyclic) bond motifs is 1. The lowest BCUT2D eigenvalue weighted by molar-refractivity contribution is -0.384. The van der Waals surface area contributed by atoms with E-state index in [1.54, 1.807) is 17.0 Å². The lowest BCUT2D eigenvalue weighted by Gasteiger charge is -2.26. The van der Waals surface area contributed by atoms with E-state index in [9.17, 15) is 14.9 Å². The van der Waals surface area contributed by atoms with Gasteiger partial charge in [0.15, 0.2) is 18.1 Å². The van der Waals surface area contributed by atoms with Crippen LogP contribution in [-0.2, 0) is 9.53 Å². The minimum absolute atomic E-state index is 0.0470.